The molecule has 0 saturated carbocycles. The molecule has 0 N–H and O–H groups in total. The summed E-state index contributed by atoms with van der Waals surface area (Å²) in [5, 5.41) is 0. The Labute approximate surface area is 430 Å². The van der Waals surface area contributed by atoms with Gasteiger partial charge in [0.05, 0.1) is 226 Å². The van der Waals surface area contributed by atoms with Crippen molar-refractivity contribution in [1.82, 2.24) is 0 Å². The molecule has 4 atom stereocenters. The molecule has 0 amide bonds. The minimum Gasteiger partial charge on any atom is -0.820 e. The molecule has 0 aliphatic carbocycles. The summed E-state index contributed by atoms with van der Waals surface area (Å²) in [6, 6.07) is 0. The molecule has 28 nitrogen and oxygen atoms in total. The Bertz CT molecular complexity index is 1210. The average Bonchev–Trinajstić information content (AvgIpc) is 2.80. The molecule has 0 spiro atoms. The highest BCUT2D eigenvalue weighted by molar-refractivity contribution is 6.91. The maximum absolute atomic E-state index is 12.8. The summed E-state index contributed by atoms with van der Waals surface area (Å²) in [5.41, 5.74) is 0. The minimum absolute atomic E-state index is 0.536. The molecule has 0 aromatic carbocycles. The molecule has 4 unspecified atom stereocenters. The lowest BCUT2D eigenvalue weighted by Gasteiger charge is -2.68. The molecule has 4 aliphatic heterocycles. The summed E-state index contributed by atoms with van der Waals surface area (Å²) in [4.78, 5) is 100. The van der Waals surface area contributed by atoms with E-state index in [2.05, 4.69) is 275 Å². The van der Waals surface area contributed by atoms with Crippen molar-refractivity contribution >= 4 is 83.3 Å². The van der Waals surface area contributed by atoms with Gasteiger partial charge in [0.1, 0.15) is 10.5 Å². The zero-order chi connectivity index (χ0) is 57.6. The van der Waals surface area contributed by atoms with Crippen molar-refractivity contribution in [3.05, 3.63) is 0 Å². The van der Waals surface area contributed by atoms with Crippen molar-refractivity contribution in [3.8, 4) is 0 Å². The van der Waals surface area contributed by atoms with Gasteiger partial charge in [-0.1, -0.05) is 0 Å². The normalized spacial score (nSPS) is 32.4. The zero-order valence-corrected chi connectivity index (χ0v) is 59.0. The predicted molar refractivity (Wildman–Crippen MR) is 262 cm³/mol. The molecule has 37 heteroatoms. The van der Waals surface area contributed by atoms with Crippen molar-refractivity contribution in [1.29, 1.82) is 0 Å². The van der Waals surface area contributed by atoms with E-state index >= 15 is 0 Å². The standard InChI is InChI=1S/8C4H12N.H4O20Si9/c8*1-5(2,3)4;1-22-10-24(3)14-26(5)12-23(2,9-21)13-27(6)15-25(4,11-22)17-28(7,16-24)20-29(8,18-26)19-27/h8*1-4H3;22H,21H3/q8*+1;-8. The zero-order valence-electron chi connectivity index (χ0n) is 48.8. The molecular formula is C32H100N8O20Si9. The molecule has 4 aliphatic rings. The lowest BCUT2D eigenvalue weighted by atomic mass is 10.8. The van der Waals surface area contributed by atoms with Gasteiger partial charge in [0.15, 0.2) is 0 Å². The first kappa shape index (κ1) is 78.7. The van der Waals surface area contributed by atoms with E-state index in [4.69, 9.17) is 0 Å². The van der Waals surface area contributed by atoms with Crippen LogP contribution in [0.2, 0.25) is 0 Å². The number of rotatable bonds is 1. The second kappa shape index (κ2) is 28.3. The Morgan fingerprint density at radius 2 is 0.391 bits per heavy atom. The molecule has 6 bridgehead atoms. The van der Waals surface area contributed by atoms with Gasteiger partial charge in [-0.25, -0.2) is 0 Å². The van der Waals surface area contributed by atoms with E-state index < -0.39 is 83.3 Å². The predicted octanol–water partition coefficient (Wildman–Crippen LogP) is -12.3. The summed E-state index contributed by atoms with van der Waals surface area (Å²) in [6.07, 6.45) is 0. The Morgan fingerprint density at radius 1 is 0.275 bits per heavy atom. The first-order chi connectivity index (χ1) is 29.0. The van der Waals surface area contributed by atoms with Crippen LogP contribution in [-0.2, 0) is 49.4 Å². The maximum atomic E-state index is 12.8. The topological polar surface area (TPSA) is 295 Å². The number of nitrogens with zero attached hydrogens (tertiary/aromatic N) is 8. The van der Waals surface area contributed by atoms with Gasteiger partial charge in [0.25, 0.3) is 0 Å². The number of fused-ring (bicyclic) bond motifs is 4. The maximum Gasteiger partial charge on any atom is 0.387 e. The van der Waals surface area contributed by atoms with Gasteiger partial charge in [-0.15, -0.1) is 0 Å². The van der Waals surface area contributed by atoms with Crippen molar-refractivity contribution in [3.63, 3.8) is 0 Å². The van der Waals surface area contributed by atoms with Gasteiger partial charge >= 0.3 is 63.3 Å². The van der Waals surface area contributed by atoms with Crippen LogP contribution in [-0.4, -0.2) is 345 Å². The van der Waals surface area contributed by atoms with E-state index in [1.54, 1.807) is 0 Å². The summed E-state index contributed by atoms with van der Waals surface area (Å²) >= 11 is 0. The third kappa shape index (κ3) is 66.8. The lowest BCUT2D eigenvalue weighted by Crippen LogP contribution is -2.95. The van der Waals surface area contributed by atoms with E-state index in [1.165, 1.54) is 0 Å². The van der Waals surface area contributed by atoms with Gasteiger partial charge in [0.2, 0.25) is 9.53 Å². The second-order valence-corrected chi connectivity index (χ2v) is 45.1. The lowest BCUT2D eigenvalue weighted by molar-refractivity contribution is -0.849. The van der Waals surface area contributed by atoms with Crippen LogP contribution in [0.3, 0.4) is 0 Å². The quantitative estimate of drug-likeness (QED) is 0.174. The number of hydrogen-bond acceptors (Lipinski definition) is 20. The van der Waals surface area contributed by atoms with Crippen LogP contribution in [0.1, 0.15) is 0 Å². The van der Waals surface area contributed by atoms with E-state index in [9.17, 15) is 38.4 Å². The van der Waals surface area contributed by atoms with Gasteiger partial charge in [-0.05, 0) is 0 Å². The van der Waals surface area contributed by atoms with E-state index in [1.807, 2.05) is 0 Å². The van der Waals surface area contributed by atoms with Crippen LogP contribution in [0.4, 0.5) is 0 Å². The van der Waals surface area contributed by atoms with Crippen LogP contribution < -0.4 is 38.4 Å². The fourth-order valence-electron chi connectivity index (χ4n) is 2.13. The Balaban J connectivity index is -0.000000277. The number of hydrogen-bond donors (Lipinski definition) is 0. The smallest absolute Gasteiger partial charge is 0.387 e. The van der Waals surface area contributed by atoms with Crippen molar-refractivity contribution < 1.29 is 124 Å². The SMILES string of the molecule is C[N+](C)(C)C.C[N+](C)(C)C.C[N+](C)(C)C.C[N+](C)(C)C.C[N+](C)(C)C.C[N+](C)(C)C.C[N+](C)(C)C.C[N+](C)(C)C.[O-][SiH]1O[Si]2([O-])O[Si]3([O-])O[Si]([O-])(O[SiH3])O[Si]4([O-])O[Si]([O-])(O1)O[Si]([O-])(O2)O[Si]([O-])(O3)O4. The summed E-state index contributed by atoms with van der Waals surface area (Å²) < 4.78 is 59.9. The minimum atomic E-state index is -6.11. The monoisotopic (exact) mass is 1170 g/mol. The van der Waals surface area contributed by atoms with Gasteiger partial charge in [-0.3, -0.25) is 0 Å². The summed E-state index contributed by atoms with van der Waals surface area (Å²) in [7, 11) is 20.7. The molecule has 0 radical (unpaired) electrons. The largest absolute Gasteiger partial charge is 0.820 e. The van der Waals surface area contributed by atoms with Crippen LogP contribution in [0.5, 0.6) is 0 Å². The second-order valence-electron chi connectivity index (χ2n) is 26.6. The highest BCUT2D eigenvalue weighted by Crippen LogP contribution is 2.34. The molecule has 69 heavy (non-hydrogen) atoms. The van der Waals surface area contributed by atoms with Gasteiger partial charge in [0, 0.05) is 0 Å². The molecule has 4 rings (SSSR count). The molecule has 0 aromatic heterocycles. The average molecular weight is 1170 g/mol. The van der Waals surface area contributed by atoms with Crippen LogP contribution in [0.15, 0.2) is 0 Å². The fraction of sp³-hybridized carbons (Fsp3) is 1.00. The Hall–Kier alpha value is 0.832. The van der Waals surface area contributed by atoms with Gasteiger partial charge in [-0.2, -0.15) is 0 Å². The first-order valence-electron chi connectivity index (χ1n) is 21.1. The van der Waals surface area contributed by atoms with Gasteiger partial charge < -0.3 is 124 Å². The van der Waals surface area contributed by atoms with Crippen molar-refractivity contribution in [2.24, 2.45) is 0 Å². The van der Waals surface area contributed by atoms with E-state index in [-0.39, 0.29) is 0 Å². The van der Waals surface area contributed by atoms with E-state index in [0.29, 0.717) is 0 Å². The molecular weight excluding hydrogens is 1070 g/mol. The number of quaternary nitrogens is 8. The van der Waals surface area contributed by atoms with Crippen molar-refractivity contribution in [2.45, 2.75) is 0 Å². The molecule has 4 heterocycles. The summed E-state index contributed by atoms with van der Waals surface area (Å²) in [5.74, 6) is 0. The molecule has 4 fully saturated rings. The van der Waals surface area contributed by atoms with Crippen molar-refractivity contribution in [2.75, 3.05) is 226 Å². The van der Waals surface area contributed by atoms with Crippen LogP contribution >= 0.6 is 0 Å². The fourth-order valence-corrected chi connectivity index (χ4v) is 28.5. The Morgan fingerprint density at radius 3 is 0.522 bits per heavy atom. The first-order valence-corrected chi connectivity index (χ1v) is 34.8. The third-order valence-corrected chi connectivity index (χ3v) is 26.8. The third-order valence-electron chi connectivity index (χ3n) is 2.98. The molecule has 424 valence electrons. The molecule has 0 aromatic rings. The van der Waals surface area contributed by atoms with Crippen LogP contribution in [0.25, 0.3) is 0 Å². The van der Waals surface area contributed by atoms with E-state index in [0.717, 1.165) is 35.9 Å². The highest BCUT2D eigenvalue weighted by atomic mass is 28.6. The Kier molecular flexibility index (Phi) is 32.3. The highest BCUT2D eigenvalue weighted by Gasteiger charge is 2.62. The van der Waals surface area contributed by atoms with Crippen LogP contribution in [0, 0.1) is 0 Å². The molecule has 4 saturated heterocycles. The summed E-state index contributed by atoms with van der Waals surface area (Å²) in [6.45, 7) is 0.